The third-order valence-electron chi connectivity index (χ3n) is 7.55. The molecule has 0 spiro atoms. The van der Waals surface area contributed by atoms with E-state index in [1.54, 1.807) is 17.4 Å². The highest BCUT2D eigenvalue weighted by Crippen LogP contribution is 2.46. The van der Waals surface area contributed by atoms with E-state index in [2.05, 4.69) is 59.3 Å². The van der Waals surface area contributed by atoms with Crippen LogP contribution >= 0.6 is 0 Å². The molecule has 1 amide bonds. The van der Waals surface area contributed by atoms with Crippen LogP contribution in [-0.2, 0) is 17.4 Å². The van der Waals surface area contributed by atoms with Gasteiger partial charge in [0, 0.05) is 33.2 Å². The van der Waals surface area contributed by atoms with Gasteiger partial charge in [-0.1, -0.05) is 48.0 Å². The van der Waals surface area contributed by atoms with Gasteiger partial charge in [0.15, 0.2) is 0 Å². The van der Waals surface area contributed by atoms with Crippen molar-refractivity contribution >= 4 is 17.7 Å². The Morgan fingerprint density at radius 2 is 1.74 bits per heavy atom. The Morgan fingerprint density at radius 3 is 2.39 bits per heavy atom. The molecule has 38 heavy (non-hydrogen) atoms. The molecule has 0 saturated carbocycles. The molecule has 1 aliphatic heterocycles. The van der Waals surface area contributed by atoms with Crippen LogP contribution < -0.4 is 0 Å². The summed E-state index contributed by atoms with van der Waals surface area (Å²) in [6.07, 6.45) is 5.34. The van der Waals surface area contributed by atoms with Crippen LogP contribution in [0.15, 0.2) is 55.0 Å². The van der Waals surface area contributed by atoms with Gasteiger partial charge in [-0.2, -0.15) is 0 Å². The van der Waals surface area contributed by atoms with Gasteiger partial charge >= 0.3 is 6.09 Å². The van der Waals surface area contributed by atoms with Crippen molar-refractivity contribution in [1.82, 2.24) is 19.4 Å². The highest BCUT2D eigenvalue weighted by molar-refractivity contribution is 5.90. The second-order valence-corrected chi connectivity index (χ2v) is 11.6. The topological polar surface area (TPSA) is 70.8 Å². The number of hydrogen-bond acceptors (Lipinski definition) is 5. The molecule has 1 fully saturated rings. The summed E-state index contributed by atoms with van der Waals surface area (Å²) in [6, 6.07) is 14.9. The number of rotatable bonds is 3. The number of carbonyl (C=O) groups excluding carboxylic acids is 1. The summed E-state index contributed by atoms with van der Waals surface area (Å²) >= 11 is 0. The molecule has 0 radical (unpaired) electrons. The van der Waals surface area contributed by atoms with Crippen molar-refractivity contribution < 1.29 is 14.6 Å². The van der Waals surface area contributed by atoms with E-state index in [-0.39, 0.29) is 12.1 Å². The first-order valence-corrected chi connectivity index (χ1v) is 13.3. The summed E-state index contributed by atoms with van der Waals surface area (Å²) in [6.45, 7) is 12.3. The van der Waals surface area contributed by atoms with Crippen molar-refractivity contribution in [1.29, 1.82) is 0 Å². The number of aryl methyl sites for hydroxylation is 2. The van der Waals surface area contributed by atoms with E-state index in [9.17, 15) is 9.90 Å². The highest BCUT2D eigenvalue weighted by Gasteiger charge is 2.39. The standard InChI is InChI=1S/C31H38N4O3/c1-21-11-12-24-25(17-21)26(31(5,37)27-19-32-20-33(27)6)18-22-9-7-8-10-23(22)28(24)34-13-15-35(16-14-34)29(36)38-30(2,3)4/h7-12,17-20,28,37H,13-16H2,1-6H3/t28-,31-/m1/s1. The van der Waals surface area contributed by atoms with E-state index in [1.807, 2.05) is 45.4 Å². The number of ether oxygens (including phenoxy) is 1. The molecule has 7 heteroatoms. The number of piperazine rings is 1. The smallest absolute Gasteiger partial charge is 0.410 e. The van der Waals surface area contributed by atoms with Gasteiger partial charge in [0.2, 0.25) is 0 Å². The second kappa shape index (κ2) is 9.71. The number of benzene rings is 2. The highest BCUT2D eigenvalue weighted by atomic mass is 16.6. The van der Waals surface area contributed by atoms with Crippen molar-refractivity contribution in [3.8, 4) is 0 Å². The van der Waals surface area contributed by atoms with Crippen molar-refractivity contribution in [3.63, 3.8) is 0 Å². The van der Waals surface area contributed by atoms with Crippen LogP contribution in [0, 0.1) is 6.92 Å². The van der Waals surface area contributed by atoms with E-state index in [0.717, 1.165) is 46.6 Å². The lowest BCUT2D eigenvalue weighted by atomic mass is 9.83. The SMILES string of the molecule is Cc1ccc2c(c1)C([C@@](C)(O)c1cncn1C)=Cc1ccccc1[C@H]2N1CCN(C(=O)OC(C)(C)C)CC1. The first kappa shape index (κ1) is 26.2. The maximum Gasteiger partial charge on any atom is 0.410 e. The number of carbonyl (C=O) groups is 1. The second-order valence-electron chi connectivity index (χ2n) is 11.6. The Balaban J connectivity index is 1.57. The van der Waals surface area contributed by atoms with Crippen molar-refractivity contribution in [3.05, 3.63) is 88.5 Å². The van der Waals surface area contributed by atoms with Gasteiger partial charge in [-0.05, 0) is 68.5 Å². The lowest BCUT2D eigenvalue weighted by Gasteiger charge is -2.40. The van der Waals surface area contributed by atoms with E-state index < -0.39 is 11.2 Å². The quantitative estimate of drug-likeness (QED) is 0.525. The Kier molecular flexibility index (Phi) is 6.70. The van der Waals surface area contributed by atoms with Crippen LogP contribution in [0.25, 0.3) is 11.6 Å². The number of imidazole rings is 1. The summed E-state index contributed by atoms with van der Waals surface area (Å²) in [7, 11) is 1.91. The fourth-order valence-corrected chi connectivity index (χ4v) is 5.68. The Bertz CT molecular complexity index is 1370. The van der Waals surface area contributed by atoms with Crippen molar-refractivity contribution in [2.24, 2.45) is 7.05 Å². The van der Waals surface area contributed by atoms with Gasteiger partial charge in [-0.3, -0.25) is 4.90 Å². The van der Waals surface area contributed by atoms with Crippen molar-refractivity contribution in [2.45, 2.75) is 51.9 Å². The van der Waals surface area contributed by atoms with Gasteiger partial charge in [0.05, 0.1) is 24.3 Å². The van der Waals surface area contributed by atoms with E-state index in [0.29, 0.717) is 13.1 Å². The summed E-state index contributed by atoms with van der Waals surface area (Å²) in [4.78, 5) is 21.3. The van der Waals surface area contributed by atoms with E-state index in [1.165, 1.54) is 5.56 Å². The van der Waals surface area contributed by atoms with Gasteiger partial charge in [-0.15, -0.1) is 0 Å². The molecule has 2 heterocycles. The van der Waals surface area contributed by atoms with Crippen LogP contribution in [0.1, 0.15) is 67.2 Å². The van der Waals surface area contributed by atoms with Crippen LogP contribution in [0.2, 0.25) is 0 Å². The first-order valence-electron chi connectivity index (χ1n) is 13.3. The molecule has 1 aliphatic carbocycles. The van der Waals surface area contributed by atoms with Crippen LogP contribution in [-0.4, -0.2) is 62.3 Å². The molecule has 1 aromatic heterocycles. The molecule has 2 aliphatic rings. The molecule has 2 aromatic carbocycles. The molecule has 2 atom stereocenters. The minimum atomic E-state index is -1.26. The zero-order chi connectivity index (χ0) is 27.2. The summed E-state index contributed by atoms with van der Waals surface area (Å²) in [5.74, 6) is 0. The number of amides is 1. The lowest BCUT2D eigenvalue weighted by molar-refractivity contribution is 0.0119. The monoisotopic (exact) mass is 514 g/mol. The van der Waals surface area contributed by atoms with E-state index in [4.69, 9.17) is 4.74 Å². The Hall–Kier alpha value is -3.42. The summed E-state index contributed by atoms with van der Waals surface area (Å²) < 4.78 is 7.50. The van der Waals surface area contributed by atoms with Gasteiger partial charge in [0.1, 0.15) is 11.2 Å². The van der Waals surface area contributed by atoms with Crippen LogP contribution in [0.5, 0.6) is 0 Å². The molecule has 1 saturated heterocycles. The molecule has 5 rings (SSSR count). The number of nitrogens with zero attached hydrogens (tertiary/aromatic N) is 4. The van der Waals surface area contributed by atoms with Gasteiger partial charge in [-0.25, -0.2) is 9.78 Å². The molecule has 3 aromatic rings. The van der Waals surface area contributed by atoms with Gasteiger partial charge in [0.25, 0.3) is 0 Å². The average Bonchev–Trinajstić information content (AvgIpc) is 3.24. The molecule has 7 nitrogen and oxygen atoms in total. The van der Waals surface area contributed by atoms with Gasteiger partial charge < -0.3 is 19.3 Å². The number of aliphatic hydroxyl groups is 1. The predicted octanol–water partition coefficient (Wildman–Crippen LogP) is 5.13. The Morgan fingerprint density at radius 1 is 1.03 bits per heavy atom. The maximum absolute atomic E-state index is 12.7. The van der Waals surface area contributed by atoms with Crippen LogP contribution in [0.4, 0.5) is 4.79 Å². The molecule has 0 bridgehead atoms. The number of fused-ring (bicyclic) bond motifs is 2. The Labute approximate surface area is 225 Å². The maximum atomic E-state index is 12.7. The minimum Gasteiger partial charge on any atom is -0.444 e. The third-order valence-corrected chi connectivity index (χ3v) is 7.55. The fraction of sp³-hybridized carbons (Fsp3) is 0.419. The molecule has 0 unspecified atom stereocenters. The van der Waals surface area contributed by atoms with E-state index >= 15 is 0 Å². The summed E-state index contributed by atoms with van der Waals surface area (Å²) in [5.41, 5.74) is 5.41. The summed E-state index contributed by atoms with van der Waals surface area (Å²) in [5, 5.41) is 12.1. The predicted molar refractivity (Wildman–Crippen MR) is 149 cm³/mol. The fourth-order valence-electron chi connectivity index (χ4n) is 5.68. The zero-order valence-corrected chi connectivity index (χ0v) is 23.2. The molecule has 200 valence electrons. The van der Waals surface area contributed by atoms with Crippen molar-refractivity contribution in [2.75, 3.05) is 26.2 Å². The zero-order valence-electron chi connectivity index (χ0n) is 23.2. The lowest BCUT2D eigenvalue weighted by Crippen LogP contribution is -2.51. The number of aromatic nitrogens is 2. The average molecular weight is 515 g/mol. The van der Waals surface area contributed by atoms with Crippen LogP contribution in [0.3, 0.4) is 0 Å². The number of hydrogen-bond donors (Lipinski definition) is 1. The molecular formula is C31H38N4O3. The minimum absolute atomic E-state index is 0.0151. The largest absolute Gasteiger partial charge is 0.444 e. The first-order chi connectivity index (χ1) is 18.0. The molecular weight excluding hydrogens is 476 g/mol. The molecule has 1 N–H and O–H groups in total. The third kappa shape index (κ3) is 4.88. The normalized spacial score (nSPS) is 19.6.